The van der Waals surface area contributed by atoms with Crippen molar-refractivity contribution in [3.05, 3.63) is 58.3 Å². The van der Waals surface area contributed by atoms with Crippen molar-refractivity contribution in [2.24, 2.45) is 0 Å². The molecule has 0 fully saturated rings. The topological polar surface area (TPSA) is 34.1 Å². The largest absolute Gasteiger partial charge is 0.497 e. The summed E-state index contributed by atoms with van der Waals surface area (Å²) in [5, 5.41) is 3.40. The molecule has 2 aromatic rings. The highest BCUT2D eigenvalue weighted by atomic mass is 79.9. The first-order valence-corrected chi connectivity index (χ1v) is 6.51. The molecule has 0 saturated carbocycles. The Labute approximate surface area is 115 Å². The van der Waals surface area contributed by atoms with E-state index in [9.17, 15) is 0 Å². The van der Waals surface area contributed by atoms with E-state index in [0.717, 1.165) is 23.3 Å². The van der Waals surface area contributed by atoms with E-state index < -0.39 is 0 Å². The molecule has 0 aliphatic heterocycles. The lowest BCUT2D eigenvalue weighted by Crippen LogP contribution is -2.13. The molecular weight excluding hydrogens is 292 g/mol. The number of pyridine rings is 1. The number of nitrogens with zero attached hydrogens (tertiary/aromatic N) is 1. The number of hydrogen-bond donors (Lipinski definition) is 1. The van der Waals surface area contributed by atoms with Crippen molar-refractivity contribution in [3.8, 4) is 5.75 Å². The summed E-state index contributed by atoms with van der Waals surface area (Å²) in [6.45, 7) is 1.62. The van der Waals surface area contributed by atoms with Crippen LogP contribution in [0.2, 0.25) is 0 Å². The van der Waals surface area contributed by atoms with Gasteiger partial charge < -0.3 is 10.1 Å². The first-order chi connectivity index (χ1) is 8.79. The third-order valence-electron chi connectivity index (χ3n) is 2.65. The van der Waals surface area contributed by atoms with Gasteiger partial charge in [0, 0.05) is 30.0 Å². The molecule has 18 heavy (non-hydrogen) atoms. The number of hydrogen-bond acceptors (Lipinski definition) is 3. The predicted molar refractivity (Wildman–Crippen MR) is 75.5 cm³/mol. The van der Waals surface area contributed by atoms with Crippen LogP contribution in [0.4, 0.5) is 0 Å². The first-order valence-electron chi connectivity index (χ1n) is 5.71. The lowest BCUT2D eigenvalue weighted by molar-refractivity contribution is 0.414. The molecule has 0 bridgehead atoms. The van der Waals surface area contributed by atoms with Gasteiger partial charge in [-0.15, -0.1) is 0 Å². The second kappa shape index (κ2) is 6.52. The second-order valence-electron chi connectivity index (χ2n) is 3.92. The molecule has 0 aliphatic rings. The van der Waals surface area contributed by atoms with Crippen LogP contribution in [0.25, 0.3) is 0 Å². The van der Waals surface area contributed by atoms with E-state index in [4.69, 9.17) is 4.74 Å². The predicted octanol–water partition coefficient (Wildman–Crippen LogP) is 3.14. The minimum atomic E-state index is 0.792. The number of ether oxygens (including phenoxy) is 1. The summed E-state index contributed by atoms with van der Waals surface area (Å²) in [4.78, 5) is 4.00. The maximum absolute atomic E-state index is 5.22. The molecule has 1 heterocycles. The SMILES string of the molecule is COc1ccc(Br)c(CNCc2ccncc2)c1. The number of benzene rings is 1. The van der Waals surface area contributed by atoms with Crippen molar-refractivity contribution in [1.29, 1.82) is 0 Å². The van der Waals surface area contributed by atoms with Gasteiger partial charge in [0.2, 0.25) is 0 Å². The molecule has 0 atom stereocenters. The zero-order chi connectivity index (χ0) is 12.8. The standard InChI is InChI=1S/C14H15BrN2O/c1-18-13-2-3-14(15)12(8-13)10-17-9-11-4-6-16-7-5-11/h2-8,17H,9-10H2,1H3. The van der Waals surface area contributed by atoms with Gasteiger partial charge in [0.1, 0.15) is 5.75 Å². The summed E-state index contributed by atoms with van der Waals surface area (Å²) in [7, 11) is 1.68. The fourth-order valence-corrected chi connectivity index (χ4v) is 2.04. The maximum atomic E-state index is 5.22. The minimum absolute atomic E-state index is 0.792. The molecule has 3 nitrogen and oxygen atoms in total. The van der Waals surface area contributed by atoms with Gasteiger partial charge in [0.05, 0.1) is 7.11 Å². The second-order valence-corrected chi connectivity index (χ2v) is 4.77. The normalized spacial score (nSPS) is 10.3. The van der Waals surface area contributed by atoms with Crippen molar-refractivity contribution < 1.29 is 4.74 Å². The molecule has 0 saturated heterocycles. The third-order valence-corrected chi connectivity index (χ3v) is 3.42. The van der Waals surface area contributed by atoms with Crippen molar-refractivity contribution in [1.82, 2.24) is 10.3 Å². The Morgan fingerprint density at radius 3 is 2.67 bits per heavy atom. The molecule has 1 aromatic carbocycles. The fourth-order valence-electron chi connectivity index (χ4n) is 1.66. The molecule has 0 unspecified atom stereocenters. The Morgan fingerprint density at radius 1 is 1.17 bits per heavy atom. The van der Waals surface area contributed by atoms with E-state index in [-0.39, 0.29) is 0 Å². The molecule has 0 spiro atoms. The van der Waals surface area contributed by atoms with Crippen LogP contribution in [0.1, 0.15) is 11.1 Å². The number of aromatic nitrogens is 1. The third kappa shape index (κ3) is 3.55. The summed E-state index contributed by atoms with van der Waals surface area (Å²) < 4.78 is 6.31. The zero-order valence-electron chi connectivity index (χ0n) is 10.2. The average molecular weight is 307 g/mol. The summed E-state index contributed by atoms with van der Waals surface area (Å²) in [5.74, 6) is 0.874. The van der Waals surface area contributed by atoms with Crippen molar-refractivity contribution >= 4 is 15.9 Å². The highest BCUT2D eigenvalue weighted by Crippen LogP contribution is 2.22. The van der Waals surface area contributed by atoms with Crippen LogP contribution in [-0.2, 0) is 13.1 Å². The van der Waals surface area contributed by atoms with Gasteiger partial charge in [-0.3, -0.25) is 4.98 Å². The van der Waals surface area contributed by atoms with E-state index >= 15 is 0 Å². The lowest BCUT2D eigenvalue weighted by Gasteiger charge is -2.09. The van der Waals surface area contributed by atoms with E-state index in [1.54, 1.807) is 19.5 Å². The summed E-state index contributed by atoms with van der Waals surface area (Å²) in [5.41, 5.74) is 2.41. The van der Waals surface area contributed by atoms with Crippen molar-refractivity contribution in [2.75, 3.05) is 7.11 Å². The number of halogens is 1. The Balaban J connectivity index is 1.94. The maximum Gasteiger partial charge on any atom is 0.119 e. The Hall–Kier alpha value is -1.39. The van der Waals surface area contributed by atoms with Gasteiger partial charge in [-0.1, -0.05) is 15.9 Å². The van der Waals surface area contributed by atoms with Crippen LogP contribution in [0, 0.1) is 0 Å². The number of rotatable bonds is 5. The molecule has 94 valence electrons. The van der Waals surface area contributed by atoms with Crippen LogP contribution in [0.5, 0.6) is 5.75 Å². The van der Waals surface area contributed by atoms with E-state index in [1.165, 1.54) is 11.1 Å². The van der Waals surface area contributed by atoms with Gasteiger partial charge in [-0.05, 0) is 41.5 Å². The Morgan fingerprint density at radius 2 is 1.94 bits per heavy atom. The van der Waals surface area contributed by atoms with Crippen molar-refractivity contribution in [3.63, 3.8) is 0 Å². The lowest BCUT2D eigenvalue weighted by atomic mass is 10.2. The van der Waals surface area contributed by atoms with Gasteiger partial charge in [-0.25, -0.2) is 0 Å². The number of nitrogens with one attached hydrogen (secondary N) is 1. The van der Waals surface area contributed by atoms with Crippen LogP contribution in [0.3, 0.4) is 0 Å². The minimum Gasteiger partial charge on any atom is -0.497 e. The average Bonchev–Trinajstić information content (AvgIpc) is 2.42. The number of methoxy groups -OCH3 is 1. The van der Waals surface area contributed by atoms with E-state index in [2.05, 4.69) is 26.2 Å². The molecule has 4 heteroatoms. The van der Waals surface area contributed by atoms with E-state index in [1.807, 2.05) is 30.3 Å². The quantitative estimate of drug-likeness (QED) is 0.921. The molecular formula is C14H15BrN2O. The summed E-state index contributed by atoms with van der Waals surface area (Å²) in [6.07, 6.45) is 3.61. The zero-order valence-corrected chi connectivity index (χ0v) is 11.8. The van der Waals surface area contributed by atoms with Crippen LogP contribution < -0.4 is 10.1 Å². The van der Waals surface area contributed by atoms with Gasteiger partial charge >= 0.3 is 0 Å². The van der Waals surface area contributed by atoms with Gasteiger partial charge in [-0.2, -0.15) is 0 Å². The van der Waals surface area contributed by atoms with Gasteiger partial charge in [0.25, 0.3) is 0 Å². The monoisotopic (exact) mass is 306 g/mol. The highest BCUT2D eigenvalue weighted by Gasteiger charge is 2.02. The molecule has 1 N–H and O–H groups in total. The smallest absolute Gasteiger partial charge is 0.119 e. The Kier molecular flexibility index (Phi) is 4.73. The highest BCUT2D eigenvalue weighted by molar-refractivity contribution is 9.10. The molecule has 1 aromatic heterocycles. The molecule has 0 radical (unpaired) electrons. The van der Waals surface area contributed by atoms with Crippen LogP contribution in [0.15, 0.2) is 47.2 Å². The summed E-state index contributed by atoms with van der Waals surface area (Å²) >= 11 is 3.54. The van der Waals surface area contributed by atoms with Crippen LogP contribution in [-0.4, -0.2) is 12.1 Å². The first kappa shape index (κ1) is 13.1. The summed E-state index contributed by atoms with van der Waals surface area (Å²) in [6, 6.07) is 9.99. The van der Waals surface area contributed by atoms with Crippen molar-refractivity contribution in [2.45, 2.75) is 13.1 Å². The van der Waals surface area contributed by atoms with Crippen LogP contribution >= 0.6 is 15.9 Å². The van der Waals surface area contributed by atoms with E-state index in [0.29, 0.717) is 0 Å². The fraction of sp³-hybridized carbons (Fsp3) is 0.214. The molecule has 2 rings (SSSR count). The molecule has 0 amide bonds. The molecule has 0 aliphatic carbocycles. The van der Waals surface area contributed by atoms with Gasteiger partial charge in [0.15, 0.2) is 0 Å². The Bertz CT molecular complexity index is 502.